The average molecular weight is 599 g/mol. The molecule has 1 aliphatic heterocycles. The van der Waals surface area contributed by atoms with Gasteiger partial charge in [-0.05, 0) is 30.3 Å². The number of fused-ring (bicyclic) bond motifs is 1. The molecule has 2 aromatic heterocycles. The van der Waals surface area contributed by atoms with Crippen LogP contribution in [0.4, 0.5) is 13.2 Å². The van der Waals surface area contributed by atoms with Gasteiger partial charge in [-0.3, -0.25) is 9.69 Å². The molecule has 0 aliphatic carbocycles. The number of carbonyl (C=O) groups excluding carboxylic acids is 1. The van der Waals surface area contributed by atoms with E-state index in [1.54, 1.807) is 42.5 Å². The highest BCUT2D eigenvalue weighted by molar-refractivity contribution is 6.36. The van der Waals surface area contributed by atoms with E-state index in [-0.39, 0.29) is 22.1 Å². The fraction of sp³-hybridized carbons (Fsp3) is 0.269. The first-order chi connectivity index (χ1) is 18.6. The lowest BCUT2D eigenvalue weighted by Gasteiger charge is -2.34. The van der Waals surface area contributed by atoms with Gasteiger partial charge in [-0.25, -0.2) is 9.50 Å². The molecule has 204 valence electrons. The Labute approximate surface area is 236 Å². The molecule has 0 unspecified atom stereocenters. The summed E-state index contributed by atoms with van der Waals surface area (Å²) in [6, 6.07) is 12.6. The van der Waals surface area contributed by atoms with Crippen LogP contribution >= 0.6 is 34.8 Å². The monoisotopic (exact) mass is 597 g/mol. The summed E-state index contributed by atoms with van der Waals surface area (Å²) < 4.78 is 47.9. The molecule has 39 heavy (non-hydrogen) atoms. The second-order valence-electron chi connectivity index (χ2n) is 8.92. The summed E-state index contributed by atoms with van der Waals surface area (Å²) in [4.78, 5) is 21.3. The Morgan fingerprint density at radius 3 is 2.31 bits per heavy atom. The van der Waals surface area contributed by atoms with Crippen molar-refractivity contribution in [3.63, 3.8) is 0 Å². The zero-order valence-corrected chi connectivity index (χ0v) is 22.7. The first-order valence-electron chi connectivity index (χ1n) is 11.8. The van der Waals surface area contributed by atoms with Gasteiger partial charge in [0.2, 0.25) is 0 Å². The molecule has 1 amide bonds. The number of piperazine rings is 1. The van der Waals surface area contributed by atoms with Crippen LogP contribution in [0.15, 0.2) is 48.5 Å². The zero-order valence-electron chi connectivity index (χ0n) is 20.5. The quantitative estimate of drug-likeness (QED) is 0.268. The van der Waals surface area contributed by atoms with Crippen molar-refractivity contribution in [2.45, 2.75) is 12.7 Å². The molecule has 1 aliphatic rings. The van der Waals surface area contributed by atoms with E-state index in [0.29, 0.717) is 58.6 Å². The summed E-state index contributed by atoms with van der Waals surface area (Å²) in [6.07, 6.45) is -4.78. The molecule has 5 rings (SSSR count). The molecule has 1 saturated heterocycles. The number of hydrogen-bond acceptors (Lipinski definition) is 5. The van der Waals surface area contributed by atoms with Gasteiger partial charge in [-0.1, -0.05) is 53.0 Å². The van der Waals surface area contributed by atoms with Gasteiger partial charge < -0.3 is 9.64 Å². The summed E-state index contributed by atoms with van der Waals surface area (Å²) in [7, 11) is 1.45. The number of aromatic nitrogens is 3. The van der Waals surface area contributed by atoms with Gasteiger partial charge in [-0.2, -0.15) is 18.3 Å². The lowest BCUT2D eigenvalue weighted by molar-refractivity contribution is -0.142. The summed E-state index contributed by atoms with van der Waals surface area (Å²) in [6.45, 7) is 2.15. The molecule has 0 saturated carbocycles. The van der Waals surface area contributed by atoms with Crippen LogP contribution in [-0.4, -0.2) is 63.6 Å². The van der Waals surface area contributed by atoms with Crippen LogP contribution in [0, 0.1) is 0 Å². The fourth-order valence-corrected chi connectivity index (χ4v) is 5.18. The highest BCUT2D eigenvalue weighted by Crippen LogP contribution is 2.35. The molecular formula is C26H21Cl3F3N5O2. The molecular weight excluding hydrogens is 578 g/mol. The van der Waals surface area contributed by atoms with E-state index in [9.17, 15) is 18.0 Å². The van der Waals surface area contributed by atoms with Crippen molar-refractivity contribution in [1.82, 2.24) is 24.4 Å². The van der Waals surface area contributed by atoms with Gasteiger partial charge in [0, 0.05) is 53.9 Å². The van der Waals surface area contributed by atoms with Crippen LogP contribution in [0.5, 0.6) is 5.75 Å². The SMILES string of the molecule is COc1cccc(-c2cc(C(F)(F)F)n3nc(C(=O)N4CCN(Cc5c(Cl)cccc5Cl)CC4)c(Cl)c3n2)c1. The van der Waals surface area contributed by atoms with Crippen molar-refractivity contribution in [3.05, 3.63) is 80.6 Å². The Morgan fingerprint density at radius 1 is 1.00 bits per heavy atom. The Morgan fingerprint density at radius 2 is 1.67 bits per heavy atom. The molecule has 0 spiro atoms. The molecule has 0 bridgehead atoms. The third kappa shape index (κ3) is 5.51. The number of halogens is 6. The minimum atomic E-state index is -4.78. The second-order valence-corrected chi connectivity index (χ2v) is 10.1. The normalized spacial score (nSPS) is 14.7. The van der Waals surface area contributed by atoms with E-state index >= 15 is 0 Å². The number of alkyl halides is 3. The van der Waals surface area contributed by atoms with Crippen molar-refractivity contribution in [2.75, 3.05) is 33.3 Å². The maximum atomic E-state index is 14.1. The van der Waals surface area contributed by atoms with Crippen molar-refractivity contribution in [3.8, 4) is 17.0 Å². The predicted molar refractivity (Wildman–Crippen MR) is 143 cm³/mol. The van der Waals surface area contributed by atoms with E-state index in [1.165, 1.54) is 12.0 Å². The van der Waals surface area contributed by atoms with Crippen LogP contribution in [0.25, 0.3) is 16.9 Å². The van der Waals surface area contributed by atoms with E-state index in [4.69, 9.17) is 39.5 Å². The topological polar surface area (TPSA) is 63.0 Å². The van der Waals surface area contributed by atoms with Crippen molar-refractivity contribution in [1.29, 1.82) is 0 Å². The molecule has 3 heterocycles. The molecule has 13 heteroatoms. The number of ether oxygens (including phenoxy) is 1. The molecule has 1 fully saturated rings. The zero-order chi connectivity index (χ0) is 27.9. The van der Waals surface area contributed by atoms with Gasteiger partial charge in [0.1, 0.15) is 10.8 Å². The number of methoxy groups -OCH3 is 1. The standard InChI is InChI=1S/C26H21Cl3F3N5O2/c1-39-16-5-2-4-15(12-16)20-13-21(26(30,31)32)37-24(33-20)22(29)23(34-37)25(38)36-10-8-35(9-11-36)14-17-18(27)6-3-7-19(17)28/h2-7,12-13H,8-11,14H2,1H3. The van der Waals surface area contributed by atoms with Gasteiger partial charge in [0.25, 0.3) is 5.91 Å². The Kier molecular flexibility index (Phi) is 7.65. The predicted octanol–water partition coefficient (Wildman–Crippen LogP) is 6.34. The lowest BCUT2D eigenvalue weighted by Crippen LogP contribution is -2.48. The summed E-state index contributed by atoms with van der Waals surface area (Å²) in [5, 5.41) is 4.83. The molecule has 2 aromatic carbocycles. The van der Waals surface area contributed by atoms with Crippen molar-refractivity contribution in [2.24, 2.45) is 0 Å². The average Bonchev–Trinajstić information content (AvgIpc) is 3.25. The van der Waals surface area contributed by atoms with E-state index in [0.717, 1.165) is 11.6 Å². The summed E-state index contributed by atoms with van der Waals surface area (Å²) in [5.74, 6) is -0.119. The van der Waals surface area contributed by atoms with Gasteiger partial charge in [0.15, 0.2) is 17.0 Å². The Bertz CT molecular complexity index is 1530. The Balaban J connectivity index is 1.42. The maximum absolute atomic E-state index is 14.1. The van der Waals surface area contributed by atoms with Crippen LogP contribution in [0.1, 0.15) is 21.7 Å². The minimum Gasteiger partial charge on any atom is -0.497 e. The van der Waals surface area contributed by atoms with Crippen LogP contribution in [-0.2, 0) is 12.7 Å². The first kappa shape index (κ1) is 27.5. The third-order valence-electron chi connectivity index (χ3n) is 6.49. The Hall–Kier alpha value is -3.05. The van der Waals surface area contributed by atoms with Crippen LogP contribution < -0.4 is 4.74 Å². The molecule has 0 radical (unpaired) electrons. The number of amides is 1. The first-order valence-corrected chi connectivity index (χ1v) is 13.0. The minimum absolute atomic E-state index is 0.0152. The smallest absolute Gasteiger partial charge is 0.433 e. The third-order valence-corrected chi connectivity index (χ3v) is 7.55. The van der Waals surface area contributed by atoms with Gasteiger partial charge in [0.05, 0.1) is 12.8 Å². The lowest BCUT2D eigenvalue weighted by atomic mass is 10.1. The van der Waals surface area contributed by atoms with Crippen molar-refractivity contribution >= 4 is 46.4 Å². The van der Waals surface area contributed by atoms with Crippen LogP contribution in [0.2, 0.25) is 15.1 Å². The van der Waals surface area contributed by atoms with Gasteiger partial charge >= 0.3 is 6.18 Å². The largest absolute Gasteiger partial charge is 0.497 e. The number of hydrogen-bond donors (Lipinski definition) is 0. The van der Waals surface area contributed by atoms with Crippen molar-refractivity contribution < 1.29 is 22.7 Å². The summed E-state index contributed by atoms with van der Waals surface area (Å²) in [5.41, 5.74) is -0.461. The van der Waals surface area contributed by atoms with Crippen LogP contribution in [0.3, 0.4) is 0 Å². The fourth-order valence-electron chi connectivity index (χ4n) is 4.43. The molecule has 7 nitrogen and oxygen atoms in total. The number of carbonyl (C=O) groups is 1. The highest BCUT2D eigenvalue weighted by atomic mass is 35.5. The molecule has 4 aromatic rings. The summed E-state index contributed by atoms with van der Waals surface area (Å²) >= 11 is 19.0. The van der Waals surface area contributed by atoms with E-state index in [1.807, 2.05) is 0 Å². The molecule has 0 N–H and O–H groups in total. The second kappa shape index (κ2) is 10.8. The molecule has 0 atom stereocenters. The maximum Gasteiger partial charge on any atom is 0.433 e. The van der Waals surface area contributed by atoms with E-state index < -0.39 is 17.8 Å². The van der Waals surface area contributed by atoms with E-state index in [2.05, 4.69) is 15.0 Å². The van der Waals surface area contributed by atoms with Gasteiger partial charge in [-0.15, -0.1) is 0 Å². The number of benzene rings is 2. The number of rotatable bonds is 5. The number of nitrogens with zero attached hydrogens (tertiary/aromatic N) is 5. The highest BCUT2D eigenvalue weighted by Gasteiger charge is 2.37.